The van der Waals surface area contributed by atoms with Gasteiger partial charge in [0, 0.05) is 36.1 Å². The number of hydrogen-bond donors (Lipinski definition) is 0. The molecule has 128 valence electrons. The van der Waals surface area contributed by atoms with Gasteiger partial charge in [-0.2, -0.15) is 0 Å². The van der Waals surface area contributed by atoms with Crippen LogP contribution in [0.5, 0.6) is 0 Å². The number of aromatic nitrogens is 2. The number of anilines is 1. The predicted molar refractivity (Wildman–Crippen MR) is 101 cm³/mol. The molecule has 1 aliphatic heterocycles. The van der Waals surface area contributed by atoms with Crippen molar-refractivity contribution in [2.24, 2.45) is 0 Å². The lowest BCUT2D eigenvalue weighted by Gasteiger charge is -2.19. The highest BCUT2D eigenvalue weighted by atomic mass is 35.5. The SMILES string of the molecule is CCn1c(C2CC(=O)N(c3cc(Cl)ccc3C)C2)nc2ccccc21. The van der Waals surface area contributed by atoms with Gasteiger partial charge >= 0.3 is 0 Å². The molecule has 1 fully saturated rings. The van der Waals surface area contributed by atoms with Gasteiger partial charge in [0.25, 0.3) is 0 Å². The maximum absolute atomic E-state index is 12.7. The van der Waals surface area contributed by atoms with E-state index in [2.05, 4.69) is 17.6 Å². The number of nitrogens with zero attached hydrogens (tertiary/aromatic N) is 3. The Morgan fingerprint density at radius 1 is 1.24 bits per heavy atom. The van der Waals surface area contributed by atoms with Crippen LogP contribution in [0.3, 0.4) is 0 Å². The van der Waals surface area contributed by atoms with E-state index in [9.17, 15) is 4.79 Å². The Hall–Kier alpha value is -2.33. The van der Waals surface area contributed by atoms with Gasteiger partial charge in [-0.05, 0) is 43.7 Å². The van der Waals surface area contributed by atoms with Crippen LogP contribution >= 0.6 is 11.6 Å². The first-order valence-corrected chi connectivity index (χ1v) is 8.98. The summed E-state index contributed by atoms with van der Waals surface area (Å²) in [5, 5.41) is 0.651. The lowest BCUT2D eigenvalue weighted by molar-refractivity contribution is -0.117. The first-order chi connectivity index (χ1) is 12.1. The third-order valence-electron chi connectivity index (χ3n) is 4.95. The van der Waals surface area contributed by atoms with Crippen molar-refractivity contribution in [1.82, 2.24) is 9.55 Å². The highest BCUT2D eigenvalue weighted by Gasteiger charge is 2.35. The number of benzene rings is 2. The number of rotatable bonds is 3. The van der Waals surface area contributed by atoms with Gasteiger partial charge in [0.15, 0.2) is 0 Å². The Morgan fingerprint density at radius 3 is 2.84 bits per heavy atom. The molecule has 0 radical (unpaired) electrons. The van der Waals surface area contributed by atoms with Crippen LogP contribution in [0.2, 0.25) is 5.02 Å². The number of fused-ring (bicyclic) bond motifs is 1. The van der Waals surface area contributed by atoms with Gasteiger partial charge in [-0.3, -0.25) is 4.79 Å². The first-order valence-electron chi connectivity index (χ1n) is 8.60. The number of carbonyl (C=O) groups excluding carboxylic acids is 1. The number of amides is 1. The van der Waals surface area contributed by atoms with Crippen molar-refractivity contribution in [2.45, 2.75) is 32.7 Å². The first kappa shape index (κ1) is 16.2. The summed E-state index contributed by atoms with van der Waals surface area (Å²) >= 11 is 6.14. The maximum atomic E-state index is 12.7. The van der Waals surface area contributed by atoms with Crippen LogP contribution in [-0.2, 0) is 11.3 Å². The van der Waals surface area contributed by atoms with Crippen LogP contribution in [0, 0.1) is 6.92 Å². The number of aryl methyl sites for hydroxylation is 2. The number of halogens is 1. The van der Waals surface area contributed by atoms with E-state index < -0.39 is 0 Å². The van der Waals surface area contributed by atoms with Crippen molar-refractivity contribution in [3.63, 3.8) is 0 Å². The zero-order valence-electron chi connectivity index (χ0n) is 14.4. The van der Waals surface area contributed by atoms with E-state index in [4.69, 9.17) is 16.6 Å². The zero-order chi connectivity index (χ0) is 17.6. The van der Waals surface area contributed by atoms with Crippen LogP contribution in [0.4, 0.5) is 5.69 Å². The molecule has 1 unspecified atom stereocenters. The summed E-state index contributed by atoms with van der Waals surface area (Å²) in [6.07, 6.45) is 0.481. The average molecular weight is 354 g/mol. The number of imidazole rings is 1. The van der Waals surface area contributed by atoms with E-state index in [0.717, 1.165) is 34.7 Å². The highest BCUT2D eigenvalue weighted by molar-refractivity contribution is 6.31. The third kappa shape index (κ3) is 2.71. The Morgan fingerprint density at radius 2 is 2.04 bits per heavy atom. The van der Waals surface area contributed by atoms with Crippen LogP contribution in [0.15, 0.2) is 42.5 Å². The van der Waals surface area contributed by atoms with E-state index in [1.54, 1.807) is 0 Å². The van der Waals surface area contributed by atoms with E-state index in [-0.39, 0.29) is 11.8 Å². The summed E-state index contributed by atoms with van der Waals surface area (Å²) in [5.74, 6) is 1.22. The molecule has 0 spiro atoms. The second-order valence-corrected chi connectivity index (χ2v) is 6.98. The monoisotopic (exact) mass is 353 g/mol. The summed E-state index contributed by atoms with van der Waals surface area (Å²) in [5.41, 5.74) is 4.08. The smallest absolute Gasteiger partial charge is 0.227 e. The zero-order valence-corrected chi connectivity index (χ0v) is 15.1. The second-order valence-electron chi connectivity index (χ2n) is 6.54. The molecule has 3 aromatic rings. The quantitative estimate of drug-likeness (QED) is 0.693. The topological polar surface area (TPSA) is 38.1 Å². The van der Waals surface area contributed by atoms with Gasteiger partial charge in [-0.15, -0.1) is 0 Å². The van der Waals surface area contributed by atoms with Gasteiger partial charge < -0.3 is 9.47 Å². The van der Waals surface area contributed by atoms with E-state index in [1.807, 2.05) is 48.2 Å². The van der Waals surface area contributed by atoms with Gasteiger partial charge in [-0.25, -0.2) is 4.98 Å². The fraction of sp³-hybridized carbons (Fsp3) is 0.300. The van der Waals surface area contributed by atoms with Crippen molar-refractivity contribution >= 4 is 34.2 Å². The summed E-state index contributed by atoms with van der Waals surface area (Å²) in [6.45, 7) is 5.61. The van der Waals surface area contributed by atoms with Crippen molar-refractivity contribution in [3.05, 3.63) is 58.9 Å². The van der Waals surface area contributed by atoms with E-state index in [0.29, 0.717) is 18.0 Å². The molecule has 4 rings (SSSR count). The molecule has 0 aliphatic carbocycles. The molecule has 1 aliphatic rings. The highest BCUT2D eigenvalue weighted by Crippen LogP contribution is 2.35. The molecule has 4 nitrogen and oxygen atoms in total. The van der Waals surface area contributed by atoms with Gasteiger partial charge in [0.05, 0.1) is 11.0 Å². The third-order valence-corrected chi connectivity index (χ3v) is 5.19. The number of para-hydroxylation sites is 2. The molecule has 5 heteroatoms. The normalized spacial score (nSPS) is 17.6. The molecule has 1 atom stereocenters. The van der Waals surface area contributed by atoms with Crippen molar-refractivity contribution < 1.29 is 4.79 Å². The number of hydrogen-bond acceptors (Lipinski definition) is 2. The van der Waals surface area contributed by atoms with Crippen LogP contribution in [0.25, 0.3) is 11.0 Å². The second kappa shape index (κ2) is 6.19. The predicted octanol–water partition coefficient (Wildman–Crippen LogP) is 4.54. The fourth-order valence-electron chi connectivity index (χ4n) is 3.72. The van der Waals surface area contributed by atoms with Gasteiger partial charge in [0.1, 0.15) is 5.82 Å². The van der Waals surface area contributed by atoms with Crippen LogP contribution in [-0.4, -0.2) is 22.0 Å². The average Bonchev–Trinajstić information content (AvgIpc) is 3.17. The van der Waals surface area contributed by atoms with E-state index >= 15 is 0 Å². The summed E-state index contributed by atoms with van der Waals surface area (Å²) < 4.78 is 2.22. The van der Waals surface area contributed by atoms with E-state index in [1.165, 1.54) is 0 Å². The maximum Gasteiger partial charge on any atom is 0.227 e. The fourth-order valence-corrected chi connectivity index (χ4v) is 3.89. The van der Waals surface area contributed by atoms with Gasteiger partial charge in [0.2, 0.25) is 5.91 Å². The Kier molecular flexibility index (Phi) is 4.00. The Balaban J connectivity index is 1.72. The lowest BCUT2D eigenvalue weighted by Crippen LogP contribution is -2.25. The molecule has 2 aromatic carbocycles. The van der Waals surface area contributed by atoms with Crippen LogP contribution < -0.4 is 4.90 Å². The molecule has 1 saturated heterocycles. The molecule has 0 saturated carbocycles. The lowest BCUT2D eigenvalue weighted by atomic mass is 10.1. The minimum Gasteiger partial charge on any atom is -0.328 e. The Labute approximate surface area is 152 Å². The van der Waals surface area contributed by atoms with Crippen molar-refractivity contribution in [3.8, 4) is 0 Å². The van der Waals surface area contributed by atoms with Crippen molar-refractivity contribution in [2.75, 3.05) is 11.4 Å². The van der Waals surface area contributed by atoms with Crippen LogP contribution in [0.1, 0.15) is 30.7 Å². The Bertz CT molecular complexity index is 963. The molecule has 25 heavy (non-hydrogen) atoms. The number of carbonyl (C=O) groups is 1. The summed E-state index contributed by atoms with van der Waals surface area (Å²) in [6, 6.07) is 13.8. The van der Waals surface area contributed by atoms with Gasteiger partial charge in [-0.1, -0.05) is 29.8 Å². The molecular formula is C20H20ClN3O. The van der Waals surface area contributed by atoms with Crippen molar-refractivity contribution in [1.29, 1.82) is 0 Å². The molecular weight excluding hydrogens is 334 g/mol. The molecule has 1 amide bonds. The molecule has 2 heterocycles. The molecule has 0 bridgehead atoms. The summed E-state index contributed by atoms with van der Waals surface area (Å²) in [4.78, 5) is 19.4. The summed E-state index contributed by atoms with van der Waals surface area (Å²) in [7, 11) is 0. The largest absolute Gasteiger partial charge is 0.328 e. The minimum absolute atomic E-state index is 0.0956. The molecule has 1 aromatic heterocycles. The standard InChI is InChI=1S/C20H20ClN3O/c1-3-23-17-7-5-4-6-16(17)22-20(23)14-10-19(25)24(12-14)18-11-15(21)9-8-13(18)2/h4-9,11,14H,3,10,12H2,1-2H3. The molecule has 0 N–H and O–H groups in total. The minimum atomic E-state index is 0.0956.